The van der Waals surface area contributed by atoms with Crippen LogP contribution in [0, 0.1) is 20.8 Å². The second-order valence-corrected chi connectivity index (χ2v) is 5.72. The first kappa shape index (κ1) is 18.2. The van der Waals surface area contributed by atoms with Crippen molar-refractivity contribution in [2.45, 2.75) is 20.8 Å². The van der Waals surface area contributed by atoms with E-state index in [2.05, 4.69) is 15.4 Å². The van der Waals surface area contributed by atoms with Crippen molar-refractivity contribution in [1.29, 1.82) is 0 Å². The average Bonchev–Trinajstić information content (AvgIpc) is 2.57. The quantitative estimate of drug-likeness (QED) is 0.664. The number of carbonyl (C=O) groups excluding carboxylic acids is 3. The zero-order valence-electron chi connectivity index (χ0n) is 14.6. The minimum absolute atomic E-state index is 0.175. The number of carbonyl (C=O) groups is 3. The second-order valence-electron chi connectivity index (χ2n) is 5.72. The number of aryl methyl sites for hydroxylation is 3. The topological polar surface area (TPSA) is 84.5 Å². The van der Waals surface area contributed by atoms with E-state index in [9.17, 15) is 14.4 Å². The molecular weight excluding hydrogens is 320 g/mol. The number of rotatable bonds is 3. The van der Waals surface area contributed by atoms with Crippen LogP contribution < -0.4 is 10.6 Å². The van der Waals surface area contributed by atoms with Crippen LogP contribution in [0.1, 0.15) is 27.0 Å². The maximum atomic E-state index is 12.2. The van der Waals surface area contributed by atoms with Crippen LogP contribution in [-0.2, 0) is 14.3 Å². The van der Waals surface area contributed by atoms with Gasteiger partial charge in [0.25, 0.3) is 0 Å². The molecule has 0 aliphatic heterocycles. The molecule has 2 aromatic rings. The first-order valence-corrected chi connectivity index (χ1v) is 7.71. The summed E-state index contributed by atoms with van der Waals surface area (Å²) in [4.78, 5) is 36.1. The van der Waals surface area contributed by atoms with Crippen molar-refractivity contribution >= 4 is 29.2 Å². The number of methoxy groups -OCH3 is 1. The van der Waals surface area contributed by atoms with Gasteiger partial charge in [-0.25, -0.2) is 4.79 Å². The van der Waals surface area contributed by atoms with Gasteiger partial charge in [-0.15, -0.1) is 0 Å². The van der Waals surface area contributed by atoms with Gasteiger partial charge >= 0.3 is 17.8 Å². The van der Waals surface area contributed by atoms with E-state index in [-0.39, 0.29) is 11.3 Å². The molecule has 2 rings (SSSR count). The fourth-order valence-corrected chi connectivity index (χ4v) is 2.61. The summed E-state index contributed by atoms with van der Waals surface area (Å²) < 4.78 is 4.67. The molecule has 0 unspecified atom stereocenters. The number of anilines is 2. The summed E-state index contributed by atoms with van der Waals surface area (Å²) in [5, 5.41) is 5.07. The highest BCUT2D eigenvalue weighted by atomic mass is 16.5. The van der Waals surface area contributed by atoms with Gasteiger partial charge in [0.2, 0.25) is 0 Å². The van der Waals surface area contributed by atoms with E-state index < -0.39 is 17.8 Å². The van der Waals surface area contributed by atoms with Crippen LogP contribution in [-0.4, -0.2) is 24.9 Å². The Balaban J connectivity index is 2.17. The lowest BCUT2D eigenvalue weighted by atomic mass is 10.1. The Morgan fingerprint density at radius 2 is 1.44 bits per heavy atom. The highest BCUT2D eigenvalue weighted by molar-refractivity contribution is 6.44. The third-order valence-electron chi connectivity index (χ3n) is 3.70. The molecule has 0 aromatic heterocycles. The van der Waals surface area contributed by atoms with Crippen LogP contribution in [0.25, 0.3) is 0 Å². The van der Waals surface area contributed by atoms with E-state index in [1.165, 1.54) is 19.2 Å². The summed E-state index contributed by atoms with van der Waals surface area (Å²) in [6.45, 7) is 5.68. The zero-order valence-corrected chi connectivity index (χ0v) is 14.6. The molecule has 2 amide bonds. The lowest BCUT2D eigenvalue weighted by Crippen LogP contribution is -2.30. The first-order chi connectivity index (χ1) is 11.8. The van der Waals surface area contributed by atoms with Crippen molar-refractivity contribution in [3.8, 4) is 0 Å². The highest BCUT2D eigenvalue weighted by Crippen LogP contribution is 2.22. The molecular formula is C19H20N2O4. The summed E-state index contributed by atoms with van der Waals surface area (Å²) in [5.41, 5.74) is 3.80. The van der Waals surface area contributed by atoms with Gasteiger partial charge in [-0.05, 0) is 44.0 Å². The van der Waals surface area contributed by atoms with Crippen LogP contribution in [0.3, 0.4) is 0 Å². The van der Waals surface area contributed by atoms with Crippen LogP contribution in [0.2, 0.25) is 0 Å². The van der Waals surface area contributed by atoms with E-state index in [1.807, 2.05) is 32.9 Å². The van der Waals surface area contributed by atoms with E-state index >= 15 is 0 Å². The Kier molecular flexibility index (Phi) is 5.54. The van der Waals surface area contributed by atoms with Crippen molar-refractivity contribution in [2.24, 2.45) is 0 Å². The predicted molar refractivity (Wildman–Crippen MR) is 95.7 cm³/mol. The number of amides is 2. The number of benzene rings is 2. The van der Waals surface area contributed by atoms with E-state index in [4.69, 9.17) is 0 Å². The van der Waals surface area contributed by atoms with Gasteiger partial charge in [0, 0.05) is 5.69 Å². The standard InChI is InChI=1S/C19H20N2O4/c1-11-9-12(2)16(13(3)10-11)21-18(23)17(22)20-15-8-6-5-7-14(15)19(24)25-4/h5-10H,1-4H3,(H,20,22)(H,21,23). The van der Waals surface area contributed by atoms with Crippen LogP contribution >= 0.6 is 0 Å². The van der Waals surface area contributed by atoms with Gasteiger partial charge in [0.05, 0.1) is 18.4 Å². The molecule has 0 saturated heterocycles. The molecule has 0 spiro atoms. The fraction of sp³-hybridized carbons (Fsp3) is 0.211. The minimum atomic E-state index is -0.865. The number of esters is 1. The zero-order chi connectivity index (χ0) is 18.6. The molecule has 0 aliphatic rings. The summed E-state index contributed by atoms with van der Waals surface area (Å²) in [5.74, 6) is -2.27. The Morgan fingerprint density at radius 3 is 2.04 bits per heavy atom. The Hall–Kier alpha value is -3.15. The SMILES string of the molecule is COC(=O)c1ccccc1NC(=O)C(=O)Nc1c(C)cc(C)cc1C. The Morgan fingerprint density at radius 1 is 0.880 bits per heavy atom. The molecule has 2 aromatic carbocycles. The maximum absolute atomic E-state index is 12.2. The van der Waals surface area contributed by atoms with E-state index in [0.29, 0.717) is 5.69 Å². The van der Waals surface area contributed by atoms with Crippen LogP contribution in [0.15, 0.2) is 36.4 Å². The molecule has 25 heavy (non-hydrogen) atoms. The summed E-state index contributed by atoms with van der Waals surface area (Å²) >= 11 is 0. The molecule has 0 saturated carbocycles. The lowest BCUT2D eigenvalue weighted by Gasteiger charge is -2.13. The number of para-hydroxylation sites is 1. The minimum Gasteiger partial charge on any atom is -0.465 e. The maximum Gasteiger partial charge on any atom is 0.339 e. The number of hydrogen-bond donors (Lipinski definition) is 2. The Bertz CT molecular complexity index is 820. The highest BCUT2D eigenvalue weighted by Gasteiger charge is 2.19. The largest absolute Gasteiger partial charge is 0.465 e. The van der Waals surface area contributed by atoms with Crippen molar-refractivity contribution < 1.29 is 19.1 Å². The molecule has 0 bridgehead atoms. The molecule has 2 N–H and O–H groups in total. The van der Waals surface area contributed by atoms with Gasteiger partial charge < -0.3 is 15.4 Å². The van der Waals surface area contributed by atoms with Crippen molar-refractivity contribution in [2.75, 3.05) is 17.7 Å². The molecule has 6 nitrogen and oxygen atoms in total. The normalized spacial score (nSPS) is 10.1. The molecule has 0 heterocycles. The predicted octanol–water partition coefficient (Wildman–Crippen LogP) is 2.98. The van der Waals surface area contributed by atoms with Crippen molar-refractivity contribution in [3.05, 3.63) is 58.7 Å². The summed E-state index contributed by atoms with van der Waals surface area (Å²) in [7, 11) is 1.25. The molecule has 6 heteroatoms. The van der Waals surface area contributed by atoms with Gasteiger partial charge in [-0.2, -0.15) is 0 Å². The van der Waals surface area contributed by atoms with E-state index in [1.54, 1.807) is 12.1 Å². The smallest absolute Gasteiger partial charge is 0.339 e. The third kappa shape index (κ3) is 4.23. The number of hydrogen-bond acceptors (Lipinski definition) is 4. The van der Waals surface area contributed by atoms with Gasteiger partial charge in [0.1, 0.15) is 0 Å². The monoisotopic (exact) mass is 340 g/mol. The van der Waals surface area contributed by atoms with Crippen molar-refractivity contribution in [3.63, 3.8) is 0 Å². The van der Waals surface area contributed by atoms with Gasteiger partial charge in [-0.1, -0.05) is 29.8 Å². The second kappa shape index (κ2) is 7.61. The molecule has 0 aliphatic carbocycles. The summed E-state index contributed by atoms with van der Waals surface area (Å²) in [6.07, 6.45) is 0. The van der Waals surface area contributed by atoms with Crippen molar-refractivity contribution in [1.82, 2.24) is 0 Å². The number of ether oxygens (including phenoxy) is 1. The van der Waals surface area contributed by atoms with Gasteiger partial charge in [0.15, 0.2) is 0 Å². The Labute approximate surface area is 146 Å². The molecule has 130 valence electrons. The van der Waals surface area contributed by atoms with Crippen LogP contribution in [0.5, 0.6) is 0 Å². The van der Waals surface area contributed by atoms with Crippen LogP contribution in [0.4, 0.5) is 11.4 Å². The first-order valence-electron chi connectivity index (χ1n) is 7.71. The third-order valence-corrected chi connectivity index (χ3v) is 3.70. The van der Waals surface area contributed by atoms with E-state index in [0.717, 1.165) is 16.7 Å². The fourth-order valence-electron chi connectivity index (χ4n) is 2.61. The molecule has 0 radical (unpaired) electrons. The number of nitrogens with one attached hydrogen (secondary N) is 2. The lowest BCUT2D eigenvalue weighted by molar-refractivity contribution is -0.133. The van der Waals surface area contributed by atoms with Gasteiger partial charge in [-0.3, -0.25) is 9.59 Å². The molecule has 0 atom stereocenters. The molecule has 0 fully saturated rings. The summed E-state index contributed by atoms with van der Waals surface area (Å²) in [6, 6.07) is 10.2. The average molecular weight is 340 g/mol.